The molecule has 5 nitrogen and oxygen atoms in total. The Morgan fingerprint density at radius 1 is 1.50 bits per heavy atom. The third-order valence-electron chi connectivity index (χ3n) is 2.36. The second-order valence-corrected chi connectivity index (χ2v) is 3.51. The van der Waals surface area contributed by atoms with Crippen molar-refractivity contribution >= 4 is 17.1 Å². The van der Waals surface area contributed by atoms with E-state index in [4.69, 9.17) is 9.52 Å². The van der Waals surface area contributed by atoms with Gasteiger partial charge in [0.05, 0.1) is 11.1 Å². The number of aromatic carboxylic acids is 1. The van der Waals surface area contributed by atoms with Gasteiger partial charge in [0.25, 0.3) is 0 Å². The molecule has 0 aliphatic rings. The maximum absolute atomic E-state index is 11.5. The van der Waals surface area contributed by atoms with Gasteiger partial charge in [-0.05, 0) is 24.6 Å². The largest absolute Gasteiger partial charge is 0.478 e. The van der Waals surface area contributed by atoms with E-state index in [1.807, 2.05) is 6.92 Å². The number of carboxylic acids is 1. The molecule has 0 bridgehead atoms. The van der Waals surface area contributed by atoms with Crippen LogP contribution in [0.15, 0.2) is 27.4 Å². The molecule has 1 heterocycles. The number of fused-ring (bicyclic) bond motifs is 1. The SMILES string of the molecule is CCCn1c(=O)oc2ccc(C(=O)O)cc21. The second kappa shape index (κ2) is 3.84. The fourth-order valence-corrected chi connectivity index (χ4v) is 1.63. The van der Waals surface area contributed by atoms with E-state index < -0.39 is 11.7 Å². The summed E-state index contributed by atoms with van der Waals surface area (Å²) in [4.78, 5) is 22.3. The molecular formula is C11H11NO4. The molecule has 2 aromatic rings. The topological polar surface area (TPSA) is 72.4 Å². The summed E-state index contributed by atoms with van der Waals surface area (Å²) in [5.41, 5.74) is 1.10. The van der Waals surface area contributed by atoms with Crippen molar-refractivity contribution in [3.05, 3.63) is 34.3 Å². The minimum atomic E-state index is -1.02. The predicted octanol–water partition coefficient (Wildman–Crippen LogP) is 1.70. The first kappa shape index (κ1) is 10.5. The second-order valence-electron chi connectivity index (χ2n) is 3.51. The molecule has 16 heavy (non-hydrogen) atoms. The van der Waals surface area contributed by atoms with Gasteiger partial charge < -0.3 is 9.52 Å². The lowest BCUT2D eigenvalue weighted by Gasteiger charge is -1.99. The molecular weight excluding hydrogens is 210 g/mol. The minimum Gasteiger partial charge on any atom is -0.478 e. The van der Waals surface area contributed by atoms with Crippen molar-refractivity contribution in [2.45, 2.75) is 19.9 Å². The average Bonchev–Trinajstić information content (AvgIpc) is 2.55. The van der Waals surface area contributed by atoms with Crippen LogP contribution in [-0.4, -0.2) is 15.6 Å². The van der Waals surface area contributed by atoms with Crippen LogP contribution < -0.4 is 5.76 Å². The summed E-state index contributed by atoms with van der Waals surface area (Å²) in [5.74, 6) is -1.46. The molecule has 84 valence electrons. The fourth-order valence-electron chi connectivity index (χ4n) is 1.63. The van der Waals surface area contributed by atoms with Crippen molar-refractivity contribution in [1.82, 2.24) is 4.57 Å². The number of nitrogens with zero attached hydrogens (tertiary/aromatic N) is 1. The van der Waals surface area contributed by atoms with Crippen molar-refractivity contribution in [1.29, 1.82) is 0 Å². The number of hydrogen-bond acceptors (Lipinski definition) is 3. The summed E-state index contributed by atoms with van der Waals surface area (Å²) in [6.45, 7) is 2.46. The Morgan fingerprint density at radius 2 is 2.25 bits per heavy atom. The highest BCUT2D eigenvalue weighted by molar-refractivity contribution is 5.91. The van der Waals surface area contributed by atoms with E-state index in [1.54, 1.807) is 0 Å². The Hall–Kier alpha value is -2.04. The van der Waals surface area contributed by atoms with Crippen molar-refractivity contribution in [3.63, 3.8) is 0 Å². The zero-order valence-electron chi connectivity index (χ0n) is 8.77. The number of oxazole rings is 1. The van der Waals surface area contributed by atoms with E-state index in [0.717, 1.165) is 6.42 Å². The molecule has 0 fully saturated rings. The zero-order valence-corrected chi connectivity index (χ0v) is 8.77. The van der Waals surface area contributed by atoms with Crippen LogP contribution in [0.5, 0.6) is 0 Å². The van der Waals surface area contributed by atoms with E-state index in [-0.39, 0.29) is 5.56 Å². The van der Waals surface area contributed by atoms with E-state index in [9.17, 15) is 9.59 Å². The van der Waals surface area contributed by atoms with E-state index in [1.165, 1.54) is 22.8 Å². The number of rotatable bonds is 3. The van der Waals surface area contributed by atoms with Crippen molar-refractivity contribution in [2.24, 2.45) is 0 Å². The molecule has 2 rings (SSSR count). The number of aromatic nitrogens is 1. The molecule has 0 saturated carbocycles. The number of carbonyl (C=O) groups is 1. The molecule has 0 aliphatic carbocycles. The van der Waals surface area contributed by atoms with Gasteiger partial charge in [-0.1, -0.05) is 6.92 Å². The monoisotopic (exact) mass is 221 g/mol. The number of aryl methyl sites for hydroxylation is 1. The van der Waals surface area contributed by atoms with Crippen LogP contribution in [0.2, 0.25) is 0 Å². The average molecular weight is 221 g/mol. The lowest BCUT2D eigenvalue weighted by atomic mass is 10.2. The van der Waals surface area contributed by atoms with Gasteiger partial charge in [-0.15, -0.1) is 0 Å². The Balaban J connectivity index is 2.69. The number of benzene rings is 1. The van der Waals surface area contributed by atoms with E-state index >= 15 is 0 Å². The Bertz CT molecular complexity index is 594. The first-order valence-electron chi connectivity index (χ1n) is 5.00. The minimum absolute atomic E-state index is 0.151. The highest BCUT2D eigenvalue weighted by Gasteiger charge is 2.11. The Kier molecular flexibility index (Phi) is 2.52. The van der Waals surface area contributed by atoms with Crippen molar-refractivity contribution < 1.29 is 14.3 Å². The van der Waals surface area contributed by atoms with Gasteiger partial charge in [0, 0.05) is 6.54 Å². The predicted molar refractivity (Wildman–Crippen MR) is 57.7 cm³/mol. The quantitative estimate of drug-likeness (QED) is 0.856. The summed E-state index contributed by atoms with van der Waals surface area (Å²) in [7, 11) is 0. The molecule has 5 heteroatoms. The molecule has 0 radical (unpaired) electrons. The van der Waals surface area contributed by atoms with Crippen LogP contribution in [0.4, 0.5) is 0 Å². The maximum atomic E-state index is 11.5. The van der Waals surface area contributed by atoms with Gasteiger partial charge in [-0.25, -0.2) is 9.59 Å². The first-order chi connectivity index (χ1) is 7.63. The molecule has 0 unspecified atom stereocenters. The Labute approximate surface area is 90.9 Å². The maximum Gasteiger partial charge on any atom is 0.419 e. The smallest absolute Gasteiger partial charge is 0.419 e. The van der Waals surface area contributed by atoms with Crippen LogP contribution in [0.3, 0.4) is 0 Å². The standard InChI is InChI=1S/C11H11NO4/c1-2-5-12-8-6-7(10(13)14)3-4-9(8)16-11(12)15/h3-4,6H,2,5H2,1H3,(H,13,14). The molecule has 1 aromatic heterocycles. The summed E-state index contributed by atoms with van der Waals surface area (Å²) in [6.07, 6.45) is 0.784. The van der Waals surface area contributed by atoms with Crippen LogP contribution in [0, 0.1) is 0 Å². The number of hydrogen-bond donors (Lipinski definition) is 1. The van der Waals surface area contributed by atoms with Crippen LogP contribution in [0.1, 0.15) is 23.7 Å². The molecule has 0 amide bonds. The third kappa shape index (κ3) is 1.60. The lowest BCUT2D eigenvalue weighted by Crippen LogP contribution is -2.13. The molecule has 0 atom stereocenters. The summed E-state index contributed by atoms with van der Waals surface area (Å²) in [6, 6.07) is 4.38. The highest BCUT2D eigenvalue weighted by Crippen LogP contribution is 2.15. The summed E-state index contributed by atoms with van der Waals surface area (Å²) >= 11 is 0. The first-order valence-corrected chi connectivity index (χ1v) is 5.00. The van der Waals surface area contributed by atoms with Gasteiger partial charge in [0.2, 0.25) is 0 Å². The third-order valence-corrected chi connectivity index (χ3v) is 2.36. The molecule has 1 N–H and O–H groups in total. The van der Waals surface area contributed by atoms with Gasteiger partial charge in [0.15, 0.2) is 5.58 Å². The van der Waals surface area contributed by atoms with Gasteiger partial charge in [-0.2, -0.15) is 0 Å². The molecule has 0 aliphatic heterocycles. The molecule has 1 aromatic carbocycles. The Morgan fingerprint density at radius 3 is 2.88 bits per heavy atom. The molecule has 0 saturated heterocycles. The summed E-state index contributed by atoms with van der Waals surface area (Å²) < 4.78 is 6.45. The van der Waals surface area contributed by atoms with E-state index in [2.05, 4.69) is 0 Å². The highest BCUT2D eigenvalue weighted by atomic mass is 16.4. The fraction of sp³-hybridized carbons (Fsp3) is 0.273. The molecule has 0 spiro atoms. The normalized spacial score (nSPS) is 10.8. The zero-order chi connectivity index (χ0) is 11.7. The van der Waals surface area contributed by atoms with Gasteiger partial charge in [0.1, 0.15) is 0 Å². The van der Waals surface area contributed by atoms with E-state index in [0.29, 0.717) is 17.6 Å². The summed E-state index contributed by atoms with van der Waals surface area (Å²) in [5, 5.41) is 8.85. The lowest BCUT2D eigenvalue weighted by molar-refractivity contribution is 0.0697. The van der Waals surface area contributed by atoms with Crippen molar-refractivity contribution in [3.8, 4) is 0 Å². The van der Waals surface area contributed by atoms with Gasteiger partial charge in [-0.3, -0.25) is 4.57 Å². The van der Waals surface area contributed by atoms with Crippen LogP contribution in [-0.2, 0) is 6.54 Å². The van der Waals surface area contributed by atoms with Gasteiger partial charge >= 0.3 is 11.7 Å². The van der Waals surface area contributed by atoms with Crippen molar-refractivity contribution in [2.75, 3.05) is 0 Å². The number of carboxylic acid groups (broad SMARTS) is 1. The van der Waals surface area contributed by atoms with Crippen LogP contribution >= 0.6 is 0 Å². The van der Waals surface area contributed by atoms with Crippen LogP contribution in [0.25, 0.3) is 11.1 Å².